The molecule has 0 radical (unpaired) electrons. The van der Waals surface area contributed by atoms with Crippen molar-refractivity contribution >= 4 is 5.97 Å². The van der Waals surface area contributed by atoms with E-state index in [2.05, 4.69) is 5.32 Å². The van der Waals surface area contributed by atoms with Gasteiger partial charge in [0.15, 0.2) is 11.5 Å². The zero-order valence-corrected chi connectivity index (χ0v) is 13.4. The molecule has 0 aliphatic carbocycles. The summed E-state index contributed by atoms with van der Waals surface area (Å²) >= 11 is 0. The minimum atomic E-state index is -0.773. The first kappa shape index (κ1) is 17.3. The molecule has 0 spiro atoms. The van der Waals surface area contributed by atoms with Crippen molar-refractivity contribution < 1.29 is 19.0 Å². The second kappa shape index (κ2) is 7.88. The van der Waals surface area contributed by atoms with E-state index < -0.39 is 5.54 Å². The average Bonchev–Trinajstić information content (AvgIpc) is 2.46. The van der Waals surface area contributed by atoms with Crippen LogP contribution in [0.4, 0.5) is 0 Å². The maximum atomic E-state index is 12.0. The summed E-state index contributed by atoms with van der Waals surface area (Å²) in [7, 11) is 2.99. The highest BCUT2D eigenvalue weighted by molar-refractivity contribution is 5.80. The standard InChI is InChI=1S/C16H25NO4/c1-12(2)17-16(3,15(18)20-5)10-11-21-14-9-7-6-8-13(14)19-4/h6-9,12,17H,10-11H2,1-5H3. The topological polar surface area (TPSA) is 56.8 Å². The van der Waals surface area contributed by atoms with Gasteiger partial charge in [-0.2, -0.15) is 0 Å². The molecule has 0 aliphatic rings. The second-order valence-electron chi connectivity index (χ2n) is 5.37. The van der Waals surface area contributed by atoms with E-state index in [1.807, 2.05) is 45.0 Å². The molecule has 1 aromatic rings. The molecule has 0 heterocycles. The Bertz CT molecular complexity index is 461. The van der Waals surface area contributed by atoms with Crippen LogP contribution in [0.5, 0.6) is 11.5 Å². The van der Waals surface area contributed by atoms with E-state index in [4.69, 9.17) is 14.2 Å². The van der Waals surface area contributed by atoms with Crippen LogP contribution in [0.2, 0.25) is 0 Å². The fourth-order valence-electron chi connectivity index (χ4n) is 2.20. The number of carbonyl (C=O) groups is 1. The summed E-state index contributed by atoms with van der Waals surface area (Å²) in [5.74, 6) is 1.05. The van der Waals surface area contributed by atoms with Crippen LogP contribution >= 0.6 is 0 Å². The van der Waals surface area contributed by atoms with E-state index in [1.54, 1.807) is 7.11 Å². The third kappa shape index (κ3) is 4.93. The van der Waals surface area contributed by atoms with E-state index in [1.165, 1.54) is 7.11 Å². The first-order valence-corrected chi connectivity index (χ1v) is 7.05. The monoisotopic (exact) mass is 295 g/mol. The van der Waals surface area contributed by atoms with Gasteiger partial charge >= 0.3 is 5.97 Å². The number of para-hydroxylation sites is 2. The maximum absolute atomic E-state index is 12.0. The molecule has 0 aliphatic heterocycles. The third-order valence-corrected chi connectivity index (χ3v) is 3.17. The number of hydrogen-bond donors (Lipinski definition) is 1. The van der Waals surface area contributed by atoms with Crippen LogP contribution in [0.3, 0.4) is 0 Å². The Hall–Kier alpha value is -1.75. The normalized spacial score (nSPS) is 13.6. The van der Waals surface area contributed by atoms with E-state index >= 15 is 0 Å². The van der Waals surface area contributed by atoms with Crippen LogP contribution in [-0.4, -0.2) is 38.4 Å². The van der Waals surface area contributed by atoms with E-state index in [-0.39, 0.29) is 12.0 Å². The Morgan fingerprint density at radius 2 is 1.86 bits per heavy atom. The Morgan fingerprint density at radius 3 is 2.38 bits per heavy atom. The number of rotatable bonds is 8. The first-order chi connectivity index (χ1) is 9.92. The minimum Gasteiger partial charge on any atom is -0.493 e. The van der Waals surface area contributed by atoms with Gasteiger partial charge in [0, 0.05) is 12.5 Å². The van der Waals surface area contributed by atoms with Crippen molar-refractivity contribution in [3.8, 4) is 11.5 Å². The van der Waals surface area contributed by atoms with Crippen molar-refractivity contribution in [2.75, 3.05) is 20.8 Å². The molecule has 1 aromatic carbocycles. The van der Waals surface area contributed by atoms with Gasteiger partial charge in [-0.25, -0.2) is 0 Å². The van der Waals surface area contributed by atoms with E-state index in [0.29, 0.717) is 24.5 Å². The molecule has 0 bridgehead atoms. The number of hydrogen-bond acceptors (Lipinski definition) is 5. The molecule has 5 nitrogen and oxygen atoms in total. The second-order valence-corrected chi connectivity index (χ2v) is 5.37. The van der Waals surface area contributed by atoms with Gasteiger partial charge in [-0.15, -0.1) is 0 Å². The molecule has 118 valence electrons. The lowest BCUT2D eigenvalue weighted by Gasteiger charge is -2.30. The predicted molar refractivity (Wildman–Crippen MR) is 81.8 cm³/mol. The number of benzene rings is 1. The number of esters is 1. The number of nitrogens with one attached hydrogen (secondary N) is 1. The first-order valence-electron chi connectivity index (χ1n) is 7.05. The van der Waals surface area contributed by atoms with E-state index in [9.17, 15) is 4.79 Å². The van der Waals surface area contributed by atoms with Crippen molar-refractivity contribution in [2.24, 2.45) is 0 Å². The number of methoxy groups -OCH3 is 2. The quantitative estimate of drug-likeness (QED) is 0.746. The molecule has 21 heavy (non-hydrogen) atoms. The average molecular weight is 295 g/mol. The van der Waals surface area contributed by atoms with Crippen LogP contribution in [0.15, 0.2) is 24.3 Å². The maximum Gasteiger partial charge on any atom is 0.325 e. The van der Waals surface area contributed by atoms with Gasteiger partial charge in [0.2, 0.25) is 0 Å². The molecule has 1 unspecified atom stereocenters. The molecule has 1 atom stereocenters. The molecular weight excluding hydrogens is 270 g/mol. The lowest BCUT2D eigenvalue weighted by atomic mass is 9.97. The highest BCUT2D eigenvalue weighted by Crippen LogP contribution is 2.26. The molecule has 0 amide bonds. The summed E-state index contributed by atoms with van der Waals surface area (Å²) < 4.78 is 15.8. The predicted octanol–water partition coefficient (Wildman–Crippen LogP) is 2.39. The molecule has 0 aromatic heterocycles. The van der Waals surface area contributed by atoms with Crippen molar-refractivity contribution in [1.82, 2.24) is 5.32 Å². The van der Waals surface area contributed by atoms with Crippen LogP contribution in [0.25, 0.3) is 0 Å². The Labute approximate surface area is 126 Å². The van der Waals surface area contributed by atoms with Crippen LogP contribution in [0.1, 0.15) is 27.2 Å². The fraction of sp³-hybridized carbons (Fsp3) is 0.562. The minimum absolute atomic E-state index is 0.167. The zero-order chi connectivity index (χ0) is 15.9. The van der Waals surface area contributed by atoms with Crippen LogP contribution in [0, 0.1) is 0 Å². The molecule has 1 N–H and O–H groups in total. The lowest BCUT2D eigenvalue weighted by molar-refractivity contribution is -0.148. The van der Waals surface area contributed by atoms with Crippen molar-refractivity contribution in [1.29, 1.82) is 0 Å². The van der Waals surface area contributed by atoms with Crippen molar-refractivity contribution in [3.05, 3.63) is 24.3 Å². The smallest absolute Gasteiger partial charge is 0.325 e. The van der Waals surface area contributed by atoms with Crippen LogP contribution in [-0.2, 0) is 9.53 Å². The largest absolute Gasteiger partial charge is 0.493 e. The van der Waals surface area contributed by atoms with Crippen molar-refractivity contribution in [3.63, 3.8) is 0 Å². The van der Waals surface area contributed by atoms with Crippen LogP contribution < -0.4 is 14.8 Å². The molecule has 0 saturated carbocycles. The third-order valence-electron chi connectivity index (χ3n) is 3.17. The molecular formula is C16H25NO4. The number of ether oxygens (including phenoxy) is 3. The fourth-order valence-corrected chi connectivity index (χ4v) is 2.20. The summed E-state index contributed by atoms with van der Waals surface area (Å²) in [5.41, 5.74) is -0.773. The number of carbonyl (C=O) groups excluding carboxylic acids is 1. The summed E-state index contributed by atoms with van der Waals surface area (Å²) in [4.78, 5) is 12.0. The Balaban J connectivity index is 2.67. The SMILES string of the molecule is COC(=O)C(C)(CCOc1ccccc1OC)NC(C)C. The van der Waals surface area contributed by atoms with Crippen molar-refractivity contribution in [2.45, 2.75) is 38.8 Å². The molecule has 0 saturated heterocycles. The van der Waals surface area contributed by atoms with Gasteiger partial charge in [-0.1, -0.05) is 12.1 Å². The highest BCUT2D eigenvalue weighted by Gasteiger charge is 2.34. The Morgan fingerprint density at radius 1 is 1.24 bits per heavy atom. The van der Waals surface area contributed by atoms with Gasteiger partial charge in [0.05, 0.1) is 20.8 Å². The highest BCUT2D eigenvalue weighted by atomic mass is 16.5. The molecule has 5 heteroatoms. The van der Waals surface area contributed by atoms with Gasteiger partial charge in [0.25, 0.3) is 0 Å². The van der Waals surface area contributed by atoms with Gasteiger partial charge in [0.1, 0.15) is 5.54 Å². The summed E-state index contributed by atoms with van der Waals surface area (Å²) in [6.07, 6.45) is 0.496. The van der Waals surface area contributed by atoms with Gasteiger partial charge in [-0.3, -0.25) is 10.1 Å². The van der Waals surface area contributed by atoms with Gasteiger partial charge in [-0.05, 0) is 32.9 Å². The summed E-state index contributed by atoms with van der Waals surface area (Å²) in [5, 5.41) is 3.24. The lowest BCUT2D eigenvalue weighted by Crippen LogP contribution is -2.53. The molecule has 1 rings (SSSR count). The summed E-state index contributed by atoms with van der Waals surface area (Å²) in [6.45, 7) is 6.18. The van der Waals surface area contributed by atoms with Gasteiger partial charge < -0.3 is 14.2 Å². The Kier molecular flexibility index (Phi) is 6.49. The molecule has 0 fully saturated rings. The summed E-state index contributed by atoms with van der Waals surface area (Å²) in [6, 6.07) is 7.60. The van der Waals surface area contributed by atoms with E-state index in [0.717, 1.165) is 0 Å². The zero-order valence-electron chi connectivity index (χ0n) is 13.4.